The van der Waals surface area contributed by atoms with Crippen molar-refractivity contribution in [2.24, 2.45) is 11.8 Å². The van der Waals surface area contributed by atoms with Crippen LogP contribution in [-0.2, 0) is 9.59 Å². The molecule has 3 aliphatic rings. The summed E-state index contributed by atoms with van der Waals surface area (Å²) in [6, 6.07) is -0.423. The first kappa shape index (κ1) is 19.3. The Morgan fingerprint density at radius 3 is 2.23 bits per heavy atom. The Balaban J connectivity index is 1.73. The molecule has 7 nitrogen and oxygen atoms in total. The number of Topliss-reactive ketones (excluding diaryl/α,β-unsaturated/α-hetero) is 1. The fraction of sp³-hybridized carbons (Fsp3) is 0.842. The number of aliphatic hydroxyl groups is 2. The summed E-state index contributed by atoms with van der Waals surface area (Å²) in [7, 11) is 1.65. The van der Waals surface area contributed by atoms with Gasteiger partial charge in [0, 0.05) is 13.0 Å². The molecule has 0 aromatic carbocycles. The molecule has 1 heterocycles. The van der Waals surface area contributed by atoms with E-state index in [1.54, 1.807) is 7.05 Å². The zero-order chi connectivity index (χ0) is 19.1. The van der Waals surface area contributed by atoms with Crippen molar-refractivity contribution >= 4 is 17.7 Å². The molecular formula is C19H30N2O5. The van der Waals surface area contributed by atoms with E-state index in [0.717, 1.165) is 37.0 Å². The number of likely N-dealkylation sites (N-methyl/N-ethyl adjacent to an activating group) is 1. The highest BCUT2D eigenvalue weighted by atomic mass is 16.3. The Kier molecular flexibility index (Phi) is 5.40. The normalized spacial score (nSPS) is 36.7. The minimum absolute atomic E-state index is 0.121. The Hall–Kier alpha value is -1.47. The van der Waals surface area contributed by atoms with Gasteiger partial charge in [-0.2, -0.15) is 0 Å². The van der Waals surface area contributed by atoms with Gasteiger partial charge in [-0.25, -0.2) is 4.79 Å². The molecule has 0 spiro atoms. The molecule has 2 saturated carbocycles. The molecule has 3 rings (SSSR count). The number of carbonyl (C=O) groups excluding carboxylic acids is 3. The van der Waals surface area contributed by atoms with Crippen molar-refractivity contribution in [2.45, 2.75) is 76.0 Å². The van der Waals surface area contributed by atoms with E-state index < -0.39 is 29.7 Å². The highest BCUT2D eigenvalue weighted by Gasteiger charge is 2.56. The molecule has 0 radical (unpaired) electrons. The van der Waals surface area contributed by atoms with E-state index in [2.05, 4.69) is 0 Å². The predicted octanol–water partition coefficient (Wildman–Crippen LogP) is 1.31. The molecule has 0 aromatic rings. The van der Waals surface area contributed by atoms with Crippen LogP contribution in [0.15, 0.2) is 0 Å². The SMILES string of the molecule is CN1C(=O)N(CC(=O)C2CC(O)CC(O)C2)C(=O)C1(C)C1CCCCC1. The number of aliphatic hydroxyl groups excluding tert-OH is 2. The van der Waals surface area contributed by atoms with Crippen LogP contribution in [-0.4, -0.2) is 69.1 Å². The first-order valence-electron chi connectivity index (χ1n) is 9.73. The summed E-state index contributed by atoms with van der Waals surface area (Å²) < 4.78 is 0. The van der Waals surface area contributed by atoms with Crippen molar-refractivity contribution in [2.75, 3.05) is 13.6 Å². The number of hydrogen-bond acceptors (Lipinski definition) is 5. The zero-order valence-electron chi connectivity index (χ0n) is 15.7. The summed E-state index contributed by atoms with van der Waals surface area (Å²) in [5.41, 5.74) is -0.886. The largest absolute Gasteiger partial charge is 0.393 e. The maximum absolute atomic E-state index is 13.1. The lowest BCUT2D eigenvalue weighted by molar-refractivity contribution is -0.139. The third kappa shape index (κ3) is 3.27. The molecule has 2 N–H and O–H groups in total. The molecule has 3 amide bonds. The van der Waals surface area contributed by atoms with Gasteiger partial charge in [-0.05, 0) is 44.9 Å². The summed E-state index contributed by atoms with van der Waals surface area (Å²) >= 11 is 0. The van der Waals surface area contributed by atoms with E-state index in [-0.39, 0.29) is 43.4 Å². The molecule has 3 unspecified atom stereocenters. The van der Waals surface area contributed by atoms with Gasteiger partial charge in [0.05, 0.1) is 18.8 Å². The Morgan fingerprint density at radius 1 is 1.08 bits per heavy atom. The number of urea groups is 1. The van der Waals surface area contributed by atoms with Gasteiger partial charge in [0.15, 0.2) is 5.78 Å². The number of nitrogens with zero attached hydrogens (tertiary/aromatic N) is 2. The van der Waals surface area contributed by atoms with Gasteiger partial charge in [-0.15, -0.1) is 0 Å². The van der Waals surface area contributed by atoms with Crippen LogP contribution < -0.4 is 0 Å². The quantitative estimate of drug-likeness (QED) is 0.731. The average molecular weight is 366 g/mol. The van der Waals surface area contributed by atoms with E-state index in [1.165, 1.54) is 4.90 Å². The number of ketones is 1. The van der Waals surface area contributed by atoms with Crippen LogP contribution in [0.4, 0.5) is 4.79 Å². The number of imide groups is 1. The topological polar surface area (TPSA) is 98.2 Å². The van der Waals surface area contributed by atoms with Gasteiger partial charge < -0.3 is 15.1 Å². The first-order chi connectivity index (χ1) is 12.2. The maximum Gasteiger partial charge on any atom is 0.327 e. The number of hydrogen-bond donors (Lipinski definition) is 2. The zero-order valence-corrected chi connectivity index (χ0v) is 15.7. The molecule has 0 aromatic heterocycles. The van der Waals surface area contributed by atoms with Crippen molar-refractivity contribution in [3.63, 3.8) is 0 Å². The second-order valence-corrected chi connectivity index (χ2v) is 8.39. The first-order valence-corrected chi connectivity index (χ1v) is 9.73. The van der Waals surface area contributed by atoms with Crippen molar-refractivity contribution < 1.29 is 24.6 Å². The standard InChI is InChI=1S/C19H30N2O5/c1-19(13-6-4-3-5-7-13)17(25)21(18(26)20(19)2)11-16(24)12-8-14(22)10-15(23)9-12/h12-15,22-23H,3-11H2,1-2H3. The maximum atomic E-state index is 13.1. The molecule has 26 heavy (non-hydrogen) atoms. The second-order valence-electron chi connectivity index (χ2n) is 8.39. The fourth-order valence-corrected chi connectivity index (χ4v) is 4.94. The molecule has 3 fully saturated rings. The van der Waals surface area contributed by atoms with Crippen molar-refractivity contribution in [1.29, 1.82) is 0 Å². The van der Waals surface area contributed by atoms with Crippen LogP contribution in [0.1, 0.15) is 58.3 Å². The monoisotopic (exact) mass is 366 g/mol. The van der Waals surface area contributed by atoms with Gasteiger partial charge in [0.2, 0.25) is 0 Å². The summed E-state index contributed by atoms with van der Waals surface area (Å²) in [6.07, 6.45) is 4.52. The van der Waals surface area contributed by atoms with Gasteiger partial charge in [0.25, 0.3) is 5.91 Å². The summed E-state index contributed by atoms with van der Waals surface area (Å²) in [6.45, 7) is 1.55. The predicted molar refractivity (Wildman–Crippen MR) is 94.2 cm³/mol. The van der Waals surface area contributed by atoms with Crippen LogP contribution in [0.5, 0.6) is 0 Å². The lowest BCUT2D eigenvalue weighted by Gasteiger charge is -2.38. The minimum Gasteiger partial charge on any atom is -0.393 e. The third-order valence-corrected chi connectivity index (χ3v) is 6.72. The van der Waals surface area contributed by atoms with Crippen LogP contribution in [0, 0.1) is 11.8 Å². The molecular weight excluding hydrogens is 336 g/mol. The Morgan fingerprint density at radius 2 is 1.65 bits per heavy atom. The van der Waals surface area contributed by atoms with E-state index in [9.17, 15) is 24.6 Å². The average Bonchev–Trinajstić information content (AvgIpc) is 2.78. The highest BCUT2D eigenvalue weighted by Crippen LogP contribution is 2.41. The molecule has 0 bridgehead atoms. The van der Waals surface area contributed by atoms with Crippen molar-refractivity contribution in [1.82, 2.24) is 9.80 Å². The smallest absolute Gasteiger partial charge is 0.327 e. The van der Waals surface area contributed by atoms with Crippen LogP contribution >= 0.6 is 0 Å². The van der Waals surface area contributed by atoms with Crippen LogP contribution in [0.3, 0.4) is 0 Å². The van der Waals surface area contributed by atoms with Crippen molar-refractivity contribution in [3.8, 4) is 0 Å². The van der Waals surface area contributed by atoms with Gasteiger partial charge in [0.1, 0.15) is 5.54 Å². The number of carbonyl (C=O) groups is 3. The summed E-state index contributed by atoms with van der Waals surface area (Å²) in [5.74, 6) is -0.940. The summed E-state index contributed by atoms with van der Waals surface area (Å²) in [4.78, 5) is 41.0. The fourth-order valence-electron chi connectivity index (χ4n) is 4.94. The van der Waals surface area contributed by atoms with Crippen LogP contribution in [0.2, 0.25) is 0 Å². The molecule has 146 valence electrons. The van der Waals surface area contributed by atoms with Crippen LogP contribution in [0.25, 0.3) is 0 Å². The molecule has 1 saturated heterocycles. The van der Waals surface area contributed by atoms with E-state index >= 15 is 0 Å². The molecule has 2 aliphatic carbocycles. The molecule has 3 atom stereocenters. The van der Waals surface area contributed by atoms with E-state index in [0.29, 0.717) is 0 Å². The van der Waals surface area contributed by atoms with Gasteiger partial charge in [-0.3, -0.25) is 14.5 Å². The van der Waals surface area contributed by atoms with Gasteiger partial charge in [-0.1, -0.05) is 19.3 Å². The van der Waals surface area contributed by atoms with Crippen molar-refractivity contribution in [3.05, 3.63) is 0 Å². The Bertz CT molecular complexity index is 578. The van der Waals surface area contributed by atoms with Gasteiger partial charge >= 0.3 is 6.03 Å². The second kappa shape index (κ2) is 7.27. The number of amides is 3. The van der Waals surface area contributed by atoms with E-state index in [4.69, 9.17) is 0 Å². The Labute approximate surface area is 154 Å². The molecule has 1 aliphatic heterocycles. The molecule has 7 heteroatoms. The highest BCUT2D eigenvalue weighted by molar-refractivity contribution is 6.09. The lowest BCUT2D eigenvalue weighted by Crippen LogP contribution is -2.52. The lowest BCUT2D eigenvalue weighted by atomic mass is 9.75. The van der Waals surface area contributed by atoms with E-state index in [1.807, 2.05) is 6.92 Å². The summed E-state index contributed by atoms with van der Waals surface area (Å²) in [5, 5.41) is 19.6. The third-order valence-electron chi connectivity index (χ3n) is 6.72. The minimum atomic E-state index is -0.886. The number of rotatable bonds is 4.